The van der Waals surface area contributed by atoms with Crippen LogP contribution in [0.3, 0.4) is 0 Å². The van der Waals surface area contributed by atoms with Crippen LogP contribution in [0.25, 0.3) is 0 Å². The lowest BCUT2D eigenvalue weighted by Gasteiger charge is -2.30. The van der Waals surface area contributed by atoms with Gasteiger partial charge in [0.25, 0.3) is 0 Å². The van der Waals surface area contributed by atoms with Gasteiger partial charge in [-0.1, -0.05) is 72.8 Å². The standard InChI is InChI=1S/C34H25N5/c35-22-26-13-10-18-30-32(37-34(38-33(26)30)24-11-4-1-5-12-24)25-19-20-31(27(21-25)23-36)39(28-14-6-2-7-15-28)29-16-8-3-9-17-29/h1-2,4-8,10-17,19-21,30H,3,9,18H2. The molecule has 0 aromatic heterocycles. The highest BCUT2D eigenvalue weighted by molar-refractivity contribution is 6.16. The number of hydrogen-bond acceptors (Lipinski definition) is 5. The molecule has 0 spiro atoms. The third-order valence-corrected chi connectivity index (χ3v) is 7.10. The van der Waals surface area contributed by atoms with Crippen LogP contribution in [-0.4, -0.2) is 11.5 Å². The topological polar surface area (TPSA) is 75.5 Å². The van der Waals surface area contributed by atoms with Gasteiger partial charge >= 0.3 is 0 Å². The van der Waals surface area contributed by atoms with Crippen molar-refractivity contribution in [2.24, 2.45) is 15.9 Å². The predicted molar refractivity (Wildman–Crippen MR) is 156 cm³/mol. The number of allylic oxidation sites excluding steroid dienone is 7. The minimum absolute atomic E-state index is 0.149. The molecular formula is C34H25N5. The summed E-state index contributed by atoms with van der Waals surface area (Å²) in [5.41, 5.74) is 7.26. The first-order valence-corrected chi connectivity index (χ1v) is 13.1. The summed E-state index contributed by atoms with van der Waals surface area (Å²) >= 11 is 0. The highest BCUT2D eigenvalue weighted by Crippen LogP contribution is 2.38. The second-order valence-corrected chi connectivity index (χ2v) is 9.52. The van der Waals surface area contributed by atoms with E-state index >= 15 is 0 Å². The molecule has 39 heavy (non-hydrogen) atoms. The molecule has 1 unspecified atom stereocenters. The Morgan fingerprint density at radius 3 is 2.28 bits per heavy atom. The summed E-state index contributed by atoms with van der Waals surface area (Å²) in [6.07, 6.45) is 13.0. The molecule has 0 saturated heterocycles. The van der Waals surface area contributed by atoms with Gasteiger partial charge in [-0.05, 0) is 61.2 Å². The van der Waals surface area contributed by atoms with Crippen molar-refractivity contribution < 1.29 is 0 Å². The van der Waals surface area contributed by atoms with Crippen LogP contribution in [0.5, 0.6) is 0 Å². The van der Waals surface area contributed by atoms with E-state index < -0.39 is 0 Å². The highest BCUT2D eigenvalue weighted by Gasteiger charge is 2.31. The monoisotopic (exact) mass is 503 g/mol. The Kier molecular flexibility index (Phi) is 6.56. The summed E-state index contributed by atoms with van der Waals surface area (Å²) in [5, 5.41) is 20.2. The molecular weight excluding hydrogens is 478 g/mol. The molecule has 0 radical (unpaired) electrons. The summed E-state index contributed by atoms with van der Waals surface area (Å²) in [5.74, 6) is 0.426. The Labute approximate surface area is 228 Å². The summed E-state index contributed by atoms with van der Waals surface area (Å²) in [4.78, 5) is 12.0. The molecule has 3 aromatic rings. The highest BCUT2D eigenvalue weighted by atomic mass is 15.1. The normalized spacial score (nSPS) is 17.8. The maximum Gasteiger partial charge on any atom is 0.159 e. The SMILES string of the molecule is N#CC1=C2N=C(c3ccccc3)N=C(c3ccc(N(C4=CCCC=C4)c4ccccc4)c(C#N)c3)C2CC=C1. The second-order valence-electron chi connectivity index (χ2n) is 9.52. The van der Waals surface area contributed by atoms with Crippen molar-refractivity contribution in [3.05, 3.63) is 143 Å². The minimum Gasteiger partial charge on any atom is -0.310 e. The molecule has 0 N–H and O–H groups in total. The molecule has 3 aliphatic rings. The van der Waals surface area contributed by atoms with Crippen LogP contribution in [0.1, 0.15) is 36.0 Å². The number of rotatable bonds is 5. The van der Waals surface area contributed by atoms with E-state index in [1.165, 1.54) is 0 Å². The van der Waals surface area contributed by atoms with E-state index in [4.69, 9.17) is 9.98 Å². The van der Waals surface area contributed by atoms with E-state index in [2.05, 4.69) is 47.4 Å². The van der Waals surface area contributed by atoms with Gasteiger partial charge in [-0.3, -0.25) is 0 Å². The van der Waals surface area contributed by atoms with Gasteiger partial charge in [-0.25, -0.2) is 9.98 Å². The fraction of sp³-hybridized carbons (Fsp3) is 0.118. The molecule has 2 aliphatic carbocycles. The number of para-hydroxylation sites is 1. The van der Waals surface area contributed by atoms with Gasteiger partial charge in [-0.15, -0.1) is 0 Å². The first-order valence-electron chi connectivity index (χ1n) is 13.1. The lowest BCUT2D eigenvalue weighted by Crippen LogP contribution is -2.26. The number of nitrogens with zero attached hydrogens (tertiary/aromatic N) is 5. The Balaban J connectivity index is 1.49. The van der Waals surface area contributed by atoms with Gasteiger partial charge in [0.1, 0.15) is 12.1 Å². The van der Waals surface area contributed by atoms with Gasteiger partial charge in [0, 0.05) is 22.9 Å². The molecule has 0 fully saturated rings. The van der Waals surface area contributed by atoms with E-state index in [0.717, 1.165) is 52.4 Å². The van der Waals surface area contributed by atoms with Crippen molar-refractivity contribution in [3.63, 3.8) is 0 Å². The average molecular weight is 504 g/mol. The summed E-state index contributed by atoms with van der Waals surface area (Å²) in [6, 6.07) is 30.6. The third kappa shape index (κ3) is 4.63. The molecule has 0 saturated carbocycles. The maximum atomic E-state index is 10.3. The maximum absolute atomic E-state index is 10.3. The Morgan fingerprint density at radius 2 is 1.56 bits per heavy atom. The van der Waals surface area contributed by atoms with Crippen molar-refractivity contribution in [1.82, 2.24) is 0 Å². The van der Waals surface area contributed by atoms with Crippen LogP contribution in [-0.2, 0) is 0 Å². The molecule has 5 nitrogen and oxygen atoms in total. The van der Waals surface area contributed by atoms with Gasteiger partial charge in [0.15, 0.2) is 5.84 Å². The van der Waals surface area contributed by atoms with Crippen LogP contribution in [0, 0.1) is 28.6 Å². The van der Waals surface area contributed by atoms with Crippen LogP contribution in [0.4, 0.5) is 11.4 Å². The van der Waals surface area contributed by atoms with Gasteiger partial charge in [0.2, 0.25) is 0 Å². The molecule has 6 rings (SSSR count). The zero-order valence-corrected chi connectivity index (χ0v) is 21.3. The summed E-state index contributed by atoms with van der Waals surface area (Å²) in [7, 11) is 0. The zero-order chi connectivity index (χ0) is 26.6. The smallest absolute Gasteiger partial charge is 0.159 e. The number of benzene rings is 3. The van der Waals surface area contributed by atoms with Crippen LogP contribution in [0.2, 0.25) is 0 Å². The zero-order valence-electron chi connectivity index (χ0n) is 21.3. The van der Waals surface area contributed by atoms with Crippen molar-refractivity contribution in [3.8, 4) is 12.1 Å². The number of hydrogen-bond donors (Lipinski definition) is 0. The van der Waals surface area contributed by atoms with Crippen LogP contribution in [0.15, 0.2) is 136 Å². The van der Waals surface area contributed by atoms with E-state index in [1.807, 2.05) is 78.9 Å². The molecule has 0 amide bonds. The van der Waals surface area contributed by atoms with E-state index in [0.29, 0.717) is 23.4 Å². The Morgan fingerprint density at radius 1 is 0.769 bits per heavy atom. The quantitative estimate of drug-likeness (QED) is 0.361. The number of nitriles is 2. The lowest BCUT2D eigenvalue weighted by atomic mass is 9.84. The van der Waals surface area contributed by atoms with Crippen LogP contribution < -0.4 is 4.90 Å². The molecule has 5 heteroatoms. The largest absolute Gasteiger partial charge is 0.310 e. The number of anilines is 2. The number of aliphatic imine (C=N–C) groups is 2. The molecule has 0 bridgehead atoms. The fourth-order valence-corrected chi connectivity index (χ4v) is 5.24. The van der Waals surface area contributed by atoms with Gasteiger partial charge < -0.3 is 4.90 Å². The van der Waals surface area contributed by atoms with Crippen LogP contribution >= 0.6 is 0 Å². The third-order valence-electron chi connectivity index (χ3n) is 7.10. The van der Waals surface area contributed by atoms with E-state index in [1.54, 1.807) is 0 Å². The summed E-state index contributed by atoms with van der Waals surface area (Å²) < 4.78 is 0. The summed E-state index contributed by atoms with van der Waals surface area (Å²) in [6.45, 7) is 0. The van der Waals surface area contributed by atoms with Crippen molar-refractivity contribution in [2.45, 2.75) is 19.3 Å². The molecule has 1 atom stereocenters. The predicted octanol–water partition coefficient (Wildman–Crippen LogP) is 7.53. The first-order chi connectivity index (χ1) is 19.3. The Bertz CT molecular complexity index is 1690. The number of fused-ring (bicyclic) bond motifs is 1. The first kappa shape index (κ1) is 24.1. The molecule has 3 aromatic carbocycles. The Hall–Kier alpha value is -5.26. The average Bonchev–Trinajstić information content (AvgIpc) is 3.02. The van der Waals surface area contributed by atoms with E-state index in [9.17, 15) is 10.5 Å². The second kappa shape index (κ2) is 10.6. The number of amidine groups is 1. The van der Waals surface area contributed by atoms with Gasteiger partial charge in [0.05, 0.1) is 28.2 Å². The van der Waals surface area contributed by atoms with Crippen molar-refractivity contribution in [1.29, 1.82) is 10.5 Å². The van der Waals surface area contributed by atoms with Gasteiger partial charge in [-0.2, -0.15) is 10.5 Å². The van der Waals surface area contributed by atoms with E-state index in [-0.39, 0.29) is 5.92 Å². The fourth-order valence-electron chi connectivity index (χ4n) is 5.24. The molecule has 1 heterocycles. The molecule has 1 aliphatic heterocycles. The van der Waals surface area contributed by atoms with Crippen molar-refractivity contribution >= 4 is 22.9 Å². The minimum atomic E-state index is -0.149. The lowest BCUT2D eigenvalue weighted by molar-refractivity contribution is 0.780. The molecule has 186 valence electrons. The van der Waals surface area contributed by atoms with Crippen molar-refractivity contribution in [2.75, 3.05) is 4.90 Å².